The van der Waals surface area contributed by atoms with Gasteiger partial charge in [-0.25, -0.2) is 0 Å². The van der Waals surface area contributed by atoms with E-state index in [1.165, 1.54) is 23.3 Å². The minimum Gasteiger partial charge on any atom is -0.256 e. The Hall–Kier alpha value is -1.37. The van der Waals surface area contributed by atoms with Crippen LogP contribution in [0.25, 0.3) is 5.57 Å². The van der Waals surface area contributed by atoms with E-state index in [0.717, 1.165) is 17.4 Å². The molecule has 0 bridgehead atoms. The van der Waals surface area contributed by atoms with Gasteiger partial charge in [0.05, 0.1) is 5.69 Å². The van der Waals surface area contributed by atoms with Gasteiger partial charge < -0.3 is 0 Å². The quantitative estimate of drug-likeness (QED) is 0.681. The first kappa shape index (κ1) is 11.1. The maximum absolute atomic E-state index is 4.47. The van der Waals surface area contributed by atoms with E-state index in [4.69, 9.17) is 0 Å². The van der Waals surface area contributed by atoms with Crippen molar-refractivity contribution in [1.82, 2.24) is 4.98 Å². The Morgan fingerprint density at radius 1 is 1.44 bits per heavy atom. The molecule has 2 aliphatic rings. The minimum absolute atomic E-state index is 0.752. The van der Waals surface area contributed by atoms with Crippen LogP contribution in [0.4, 0.5) is 0 Å². The Morgan fingerprint density at radius 2 is 2.19 bits per heavy atom. The lowest BCUT2D eigenvalue weighted by atomic mass is 9.92. The van der Waals surface area contributed by atoms with Gasteiger partial charge in [-0.15, -0.1) is 0 Å². The molecule has 1 saturated carbocycles. The van der Waals surface area contributed by atoms with Crippen LogP contribution >= 0.6 is 0 Å². The topological polar surface area (TPSA) is 12.9 Å². The molecule has 2 aliphatic carbocycles. The molecule has 0 spiro atoms. The number of allylic oxidation sites excluding steroid dienone is 3. The predicted octanol–water partition coefficient (Wildman–Crippen LogP) is 4.18. The SMILES string of the molecule is C=C(C)C1=CC2CC2c2cccnc21.CC. The lowest BCUT2D eigenvalue weighted by Gasteiger charge is -2.15. The standard InChI is InChI=1S/C13H13N.C2H6/c1-8(2)11-6-9-7-12(9)10-4-3-5-14-13(10)11;1-2/h3-6,9,12H,1,7H2,2H3;1-2H3. The summed E-state index contributed by atoms with van der Waals surface area (Å²) in [5, 5.41) is 0. The molecule has 3 rings (SSSR count). The first-order valence-corrected chi connectivity index (χ1v) is 6.10. The van der Waals surface area contributed by atoms with Gasteiger partial charge in [-0.3, -0.25) is 4.98 Å². The molecule has 1 heteroatoms. The van der Waals surface area contributed by atoms with Crippen molar-refractivity contribution < 1.29 is 0 Å². The summed E-state index contributed by atoms with van der Waals surface area (Å²) < 4.78 is 0. The highest BCUT2D eigenvalue weighted by molar-refractivity contribution is 5.80. The molecule has 0 saturated heterocycles. The molecule has 1 heterocycles. The fourth-order valence-corrected chi connectivity index (χ4v) is 2.34. The van der Waals surface area contributed by atoms with E-state index in [9.17, 15) is 0 Å². The summed E-state index contributed by atoms with van der Waals surface area (Å²) in [6, 6.07) is 4.25. The molecular formula is C15H19N. The fourth-order valence-electron chi connectivity index (χ4n) is 2.34. The van der Waals surface area contributed by atoms with Crippen molar-refractivity contribution in [3.8, 4) is 0 Å². The number of rotatable bonds is 1. The molecule has 1 aromatic heterocycles. The summed E-state index contributed by atoms with van der Waals surface area (Å²) in [7, 11) is 0. The van der Waals surface area contributed by atoms with Crippen molar-refractivity contribution in [3.63, 3.8) is 0 Å². The Morgan fingerprint density at radius 3 is 2.88 bits per heavy atom. The van der Waals surface area contributed by atoms with Crippen LogP contribution in [-0.4, -0.2) is 4.98 Å². The summed E-state index contributed by atoms with van der Waals surface area (Å²) >= 11 is 0. The van der Waals surface area contributed by atoms with Gasteiger partial charge in [0.25, 0.3) is 0 Å². The van der Waals surface area contributed by atoms with Crippen molar-refractivity contribution in [2.45, 2.75) is 33.1 Å². The minimum atomic E-state index is 0.752. The van der Waals surface area contributed by atoms with Crippen LogP contribution in [0.15, 0.2) is 36.6 Å². The second-order valence-corrected chi connectivity index (χ2v) is 4.31. The second-order valence-electron chi connectivity index (χ2n) is 4.31. The average molecular weight is 213 g/mol. The molecule has 1 aromatic rings. The van der Waals surface area contributed by atoms with Crippen LogP contribution in [0.3, 0.4) is 0 Å². The van der Waals surface area contributed by atoms with Crippen LogP contribution in [0.2, 0.25) is 0 Å². The van der Waals surface area contributed by atoms with Gasteiger partial charge in [0, 0.05) is 6.20 Å². The molecule has 0 radical (unpaired) electrons. The number of nitrogens with zero attached hydrogens (tertiary/aromatic N) is 1. The van der Waals surface area contributed by atoms with Gasteiger partial charge >= 0.3 is 0 Å². The van der Waals surface area contributed by atoms with E-state index in [1.54, 1.807) is 0 Å². The van der Waals surface area contributed by atoms with Crippen LogP contribution in [-0.2, 0) is 0 Å². The zero-order valence-corrected chi connectivity index (χ0v) is 10.3. The zero-order valence-electron chi connectivity index (χ0n) is 10.3. The van der Waals surface area contributed by atoms with Crippen molar-refractivity contribution in [3.05, 3.63) is 47.8 Å². The molecule has 0 N–H and O–H groups in total. The van der Waals surface area contributed by atoms with Gasteiger partial charge in [0.15, 0.2) is 0 Å². The summed E-state index contributed by atoms with van der Waals surface area (Å²) in [5.74, 6) is 1.51. The van der Waals surface area contributed by atoms with Gasteiger partial charge in [0.1, 0.15) is 0 Å². The molecule has 16 heavy (non-hydrogen) atoms. The maximum Gasteiger partial charge on any atom is 0.0736 e. The van der Waals surface area contributed by atoms with Crippen molar-refractivity contribution >= 4 is 5.57 Å². The molecule has 0 amide bonds. The third-order valence-corrected chi connectivity index (χ3v) is 3.17. The molecule has 0 aliphatic heterocycles. The van der Waals surface area contributed by atoms with Gasteiger partial charge in [-0.05, 0) is 48.0 Å². The van der Waals surface area contributed by atoms with E-state index >= 15 is 0 Å². The van der Waals surface area contributed by atoms with Crippen LogP contribution < -0.4 is 0 Å². The van der Waals surface area contributed by atoms with Crippen LogP contribution in [0.5, 0.6) is 0 Å². The summed E-state index contributed by atoms with van der Waals surface area (Å²) in [4.78, 5) is 4.47. The monoisotopic (exact) mass is 213 g/mol. The van der Waals surface area contributed by atoms with Gasteiger partial charge in [-0.2, -0.15) is 0 Å². The molecule has 2 atom stereocenters. The first-order valence-electron chi connectivity index (χ1n) is 6.10. The number of fused-ring (bicyclic) bond motifs is 3. The Kier molecular flexibility index (Phi) is 2.95. The fraction of sp³-hybridized carbons (Fsp3) is 0.400. The average Bonchev–Trinajstić information content (AvgIpc) is 3.10. The number of pyridine rings is 1. The van der Waals surface area contributed by atoms with Crippen molar-refractivity contribution in [2.75, 3.05) is 0 Å². The smallest absolute Gasteiger partial charge is 0.0736 e. The molecular weight excluding hydrogens is 194 g/mol. The van der Waals surface area contributed by atoms with Crippen LogP contribution in [0, 0.1) is 5.92 Å². The van der Waals surface area contributed by atoms with Crippen molar-refractivity contribution in [2.24, 2.45) is 5.92 Å². The second kappa shape index (κ2) is 4.25. The Balaban J connectivity index is 0.000000457. The van der Waals surface area contributed by atoms with Gasteiger partial charge in [0.2, 0.25) is 0 Å². The number of hydrogen-bond acceptors (Lipinski definition) is 1. The molecule has 1 nitrogen and oxygen atoms in total. The third-order valence-electron chi connectivity index (χ3n) is 3.17. The zero-order chi connectivity index (χ0) is 11.7. The van der Waals surface area contributed by atoms with E-state index in [1.807, 2.05) is 26.1 Å². The first-order chi connectivity index (χ1) is 7.77. The number of hydrogen-bond donors (Lipinski definition) is 0. The van der Waals surface area contributed by atoms with Crippen LogP contribution in [0.1, 0.15) is 44.4 Å². The summed E-state index contributed by atoms with van der Waals surface area (Å²) in [5.41, 5.74) is 4.99. The summed E-state index contributed by atoms with van der Waals surface area (Å²) in [6.07, 6.45) is 5.52. The largest absolute Gasteiger partial charge is 0.256 e. The highest BCUT2D eigenvalue weighted by Gasteiger charge is 2.42. The lowest BCUT2D eigenvalue weighted by Crippen LogP contribution is -2.01. The lowest BCUT2D eigenvalue weighted by molar-refractivity contribution is 0.963. The normalized spacial score (nSPS) is 24.3. The van der Waals surface area contributed by atoms with E-state index in [2.05, 4.69) is 30.6 Å². The Bertz CT molecular complexity index is 443. The highest BCUT2D eigenvalue weighted by Crippen LogP contribution is 2.54. The van der Waals surface area contributed by atoms with Gasteiger partial charge in [-0.1, -0.05) is 32.6 Å². The molecule has 84 valence electrons. The third kappa shape index (κ3) is 1.71. The van der Waals surface area contributed by atoms with Crippen molar-refractivity contribution in [1.29, 1.82) is 0 Å². The van der Waals surface area contributed by atoms with E-state index in [-0.39, 0.29) is 0 Å². The predicted molar refractivity (Wildman–Crippen MR) is 69.2 cm³/mol. The molecule has 0 aromatic carbocycles. The maximum atomic E-state index is 4.47. The Labute approximate surface area is 97.9 Å². The molecule has 1 fully saturated rings. The molecule has 2 unspecified atom stereocenters. The highest BCUT2D eigenvalue weighted by atomic mass is 14.7. The number of aromatic nitrogens is 1. The van der Waals surface area contributed by atoms with E-state index in [0.29, 0.717) is 0 Å². The summed E-state index contributed by atoms with van der Waals surface area (Å²) in [6.45, 7) is 10.1. The van der Waals surface area contributed by atoms with E-state index < -0.39 is 0 Å².